The monoisotopic (exact) mass is 246 g/mol. The van der Waals surface area contributed by atoms with Crippen molar-refractivity contribution in [2.45, 2.75) is 0 Å². The van der Waals surface area contributed by atoms with E-state index in [-0.39, 0.29) is 0 Å². The number of rotatable bonds is 2. The number of anilines is 1. The number of benzene rings is 1. The molecule has 0 fully saturated rings. The fourth-order valence-electron chi connectivity index (χ4n) is 1.66. The van der Waals surface area contributed by atoms with Gasteiger partial charge in [-0.3, -0.25) is 0 Å². The summed E-state index contributed by atoms with van der Waals surface area (Å²) in [6.45, 7) is 0. The summed E-state index contributed by atoms with van der Waals surface area (Å²) < 4.78 is 10.9. The number of ether oxygens (including phenoxy) is 1. The molecule has 0 amide bonds. The van der Waals surface area contributed by atoms with Crippen LogP contribution >= 0.6 is 11.3 Å². The van der Waals surface area contributed by atoms with Gasteiger partial charge in [-0.1, -0.05) is 0 Å². The van der Waals surface area contributed by atoms with Gasteiger partial charge in [0, 0.05) is 5.69 Å². The number of thiophene rings is 1. The van der Waals surface area contributed by atoms with Gasteiger partial charge >= 0.3 is 0 Å². The Labute approximate surface area is 102 Å². The molecule has 2 heterocycles. The Morgan fingerprint density at radius 2 is 2.24 bits per heavy atom. The SMILES string of the molecule is COc1ccsc1-c1nc2cc(N)ccc2o1. The summed E-state index contributed by atoms with van der Waals surface area (Å²) in [6.07, 6.45) is 0. The maximum absolute atomic E-state index is 5.70. The highest BCUT2D eigenvalue weighted by molar-refractivity contribution is 7.13. The molecule has 0 atom stereocenters. The van der Waals surface area contributed by atoms with Gasteiger partial charge in [-0.05, 0) is 29.6 Å². The standard InChI is InChI=1S/C12H10N2O2S/c1-15-10-4-5-17-11(10)12-14-8-6-7(13)2-3-9(8)16-12/h2-6H,13H2,1H3. The molecule has 2 N–H and O–H groups in total. The van der Waals surface area contributed by atoms with E-state index in [4.69, 9.17) is 14.9 Å². The summed E-state index contributed by atoms with van der Waals surface area (Å²) >= 11 is 1.53. The average molecular weight is 246 g/mol. The van der Waals surface area contributed by atoms with Gasteiger partial charge in [0.1, 0.15) is 16.1 Å². The zero-order valence-electron chi connectivity index (χ0n) is 9.14. The number of methoxy groups -OCH3 is 1. The fraction of sp³-hybridized carbons (Fsp3) is 0.0833. The van der Waals surface area contributed by atoms with Crippen LogP contribution in [0.15, 0.2) is 34.1 Å². The lowest BCUT2D eigenvalue weighted by Crippen LogP contribution is -1.83. The lowest BCUT2D eigenvalue weighted by Gasteiger charge is -1.96. The van der Waals surface area contributed by atoms with Gasteiger partial charge in [0.15, 0.2) is 5.58 Å². The fourth-order valence-corrected chi connectivity index (χ4v) is 2.44. The molecular weight excluding hydrogens is 236 g/mol. The van der Waals surface area contributed by atoms with Crippen molar-refractivity contribution in [1.29, 1.82) is 0 Å². The van der Waals surface area contributed by atoms with Crippen molar-refractivity contribution in [3.63, 3.8) is 0 Å². The number of hydrogen-bond acceptors (Lipinski definition) is 5. The third-order valence-corrected chi connectivity index (χ3v) is 3.34. The number of fused-ring (bicyclic) bond motifs is 1. The summed E-state index contributed by atoms with van der Waals surface area (Å²) in [7, 11) is 1.63. The van der Waals surface area contributed by atoms with E-state index in [1.54, 1.807) is 19.2 Å². The molecule has 17 heavy (non-hydrogen) atoms. The Morgan fingerprint density at radius 3 is 3.06 bits per heavy atom. The van der Waals surface area contributed by atoms with E-state index in [0.29, 0.717) is 11.6 Å². The lowest BCUT2D eigenvalue weighted by molar-refractivity contribution is 0.416. The number of oxazole rings is 1. The first kappa shape index (κ1) is 10.2. The minimum Gasteiger partial charge on any atom is -0.495 e. The van der Waals surface area contributed by atoms with Crippen LogP contribution in [0.2, 0.25) is 0 Å². The van der Waals surface area contributed by atoms with Gasteiger partial charge in [-0.2, -0.15) is 0 Å². The van der Waals surface area contributed by atoms with Gasteiger partial charge in [-0.25, -0.2) is 4.98 Å². The second kappa shape index (κ2) is 3.78. The van der Waals surface area contributed by atoms with Crippen LogP contribution in [-0.4, -0.2) is 12.1 Å². The summed E-state index contributed by atoms with van der Waals surface area (Å²) in [5.74, 6) is 1.34. The average Bonchev–Trinajstić information content (AvgIpc) is 2.93. The van der Waals surface area contributed by atoms with Crippen LogP contribution in [0.3, 0.4) is 0 Å². The van der Waals surface area contributed by atoms with Gasteiger partial charge < -0.3 is 14.9 Å². The minimum absolute atomic E-state index is 0.567. The highest BCUT2D eigenvalue weighted by atomic mass is 32.1. The van der Waals surface area contributed by atoms with Crippen molar-refractivity contribution in [3.05, 3.63) is 29.6 Å². The van der Waals surface area contributed by atoms with Gasteiger partial charge in [0.2, 0.25) is 5.89 Å². The van der Waals surface area contributed by atoms with Gasteiger partial charge in [0.25, 0.3) is 0 Å². The molecule has 0 spiro atoms. The van der Waals surface area contributed by atoms with E-state index >= 15 is 0 Å². The first-order valence-electron chi connectivity index (χ1n) is 5.06. The summed E-state index contributed by atoms with van der Waals surface area (Å²) in [4.78, 5) is 5.30. The van der Waals surface area contributed by atoms with E-state index < -0.39 is 0 Å². The minimum atomic E-state index is 0.567. The topological polar surface area (TPSA) is 61.3 Å². The zero-order valence-corrected chi connectivity index (χ0v) is 9.95. The number of nitrogens with two attached hydrogens (primary N) is 1. The van der Waals surface area contributed by atoms with Crippen molar-refractivity contribution >= 4 is 28.1 Å². The third kappa shape index (κ3) is 1.64. The third-order valence-electron chi connectivity index (χ3n) is 2.45. The molecule has 3 rings (SSSR count). The molecule has 0 aliphatic heterocycles. The molecule has 0 saturated carbocycles. The van der Waals surface area contributed by atoms with Crippen LogP contribution in [0.4, 0.5) is 5.69 Å². The summed E-state index contributed by atoms with van der Waals surface area (Å²) in [5.41, 5.74) is 7.87. The van der Waals surface area contributed by atoms with Crippen molar-refractivity contribution < 1.29 is 9.15 Å². The Hall–Kier alpha value is -2.01. The summed E-state index contributed by atoms with van der Waals surface area (Å²) in [5, 5.41) is 1.94. The Morgan fingerprint density at radius 1 is 1.35 bits per heavy atom. The highest BCUT2D eigenvalue weighted by Gasteiger charge is 2.14. The zero-order chi connectivity index (χ0) is 11.8. The molecule has 3 aromatic rings. The Bertz CT molecular complexity index is 672. The van der Waals surface area contributed by atoms with E-state index in [1.807, 2.05) is 17.5 Å². The van der Waals surface area contributed by atoms with Gasteiger partial charge in [0.05, 0.1) is 7.11 Å². The number of aromatic nitrogens is 1. The molecule has 86 valence electrons. The van der Waals surface area contributed by atoms with E-state index in [0.717, 1.165) is 21.7 Å². The van der Waals surface area contributed by atoms with E-state index in [2.05, 4.69) is 4.98 Å². The summed E-state index contributed by atoms with van der Waals surface area (Å²) in [6, 6.07) is 7.30. The molecule has 5 heteroatoms. The number of nitrogen functional groups attached to an aromatic ring is 1. The first-order valence-corrected chi connectivity index (χ1v) is 5.94. The predicted octanol–water partition coefficient (Wildman–Crippen LogP) is 3.15. The molecule has 2 aromatic heterocycles. The maximum Gasteiger partial charge on any atom is 0.241 e. The van der Waals surface area contributed by atoms with Gasteiger partial charge in [-0.15, -0.1) is 11.3 Å². The van der Waals surface area contributed by atoms with Crippen LogP contribution in [0.1, 0.15) is 0 Å². The normalized spacial score (nSPS) is 10.9. The Kier molecular flexibility index (Phi) is 2.26. The molecule has 4 nitrogen and oxygen atoms in total. The molecule has 0 saturated heterocycles. The molecule has 1 aromatic carbocycles. The quantitative estimate of drug-likeness (QED) is 0.705. The van der Waals surface area contributed by atoms with E-state index in [9.17, 15) is 0 Å². The number of nitrogens with zero attached hydrogens (tertiary/aromatic N) is 1. The van der Waals surface area contributed by atoms with Crippen LogP contribution < -0.4 is 10.5 Å². The molecule has 0 unspecified atom stereocenters. The van der Waals surface area contributed by atoms with Crippen LogP contribution in [0.25, 0.3) is 21.9 Å². The molecule has 0 aliphatic rings. The first-order chi connectivity index (χ1) is 8.28. The maximum atomic E-state index is 5.70. The Balaban J connectivity index is 2.18. The second-order valence-electron chi connectivity index (χ2n) is 3.56. The van der Waals surface area contributed by atoms with Crippen molar-refractivity contribution in [2.24, 2.45) is 0 Å². The molecule has 0 bridgehead atoms. The van der Waals surface area contributed by atoms with Crippen molar-refractivity contribution in [3.8, 4) is 16.5 Å². The molecule has 0 aliphatic carbocycles. The lowest BCUT2D eigenvalue weighted by atomic mass is 10.3. The second-order valence-corrected chi connectivity index (χ2v) is 4.48. The smallest absolute Gasteiger partial charge is 0.241 e. The van der Waals surface area contributed by atoms with Crippen LogP contribution in [0.5, 0.6) is 5.75 Å². The largest absolute Gasteiger partial charge is 0.495 e. The highest BCUT2D eigenvalue weighted by Crippen LogP contribution is 2.36. The van der Waals surface area contributed by atoms with Crippen LogP contribution in [-0.2, 0) is 0 Å². The predicted molar refractivity (Wildman–Crippen MR) is 68.3 cm³/mol. The van der Waals surface area contributed by atoms with Crippen molar-refractivity contribution in [2.75, 3.05) is 12.8 Å². The number of hydrogen-bond donors (Lipinski definition) is 1. The van der Waals surface area contributed by atoms with Crippen LogP contribution in [0, 0.1) is 0 Å². The van der Waals surface area contributed by atoms with Crippen molar-refractivity contribution in [1.82, 2.24) is 4.98 Å². The molecule has 0 radical (unpaired) electrons. The van der Waals surface area contributed by atoms with E-state index in [1.165, 1.54) is 11.3 Å². The molecular formula is C12H10N2O2S.